The van der Waals surface area contributed by atoms with E-state index in [0.717, 1.165) is 0 Å². The second-order valence-electron chi connectivity index (χ2n) is 2.76. The standard InChI is InChI=1S/C9H7Cl2Si/c10-12(11)9-6-5-7-3-1-2-4-8(7)9/h1-6,9H. The minimum Gasteiger partial charge on any atom is -0.146 e. The summed E-state index contributed by atoms with van der Waals surface area (Å²) in [7, 11) is -1.27. The number of halogens is 2. The van der Waals surface area contributed by atoms with E-state index in [1.54, 1.807) is 0 Å². The van der Waals surface area contributed by atoms with Crippen LogP contribution in [0.15, 0.2) is 30.3 Å². The van der Waals surface area contributed by atoms with Gasteiger partial charge in [-0.05, 0) is 11.1 Å². The second-order valence-corrected chi connectivity index (χ2v) is 6.98. The highest BCUT2D eigenvalue weighted by Crippen LogP contribution is 2.33. The van der Waals surface area contributed by atoms with Crippen molar-refractivity contribution in [2.75, 3.05) is 0 Å². The minimum absolute atomic E-state index is 0.273. The van der Waals surface area contributed by atoms with E-state index in [1.807, 2.05) is 12.1 Å². The van der Waals surface area contributed by atoms with Crippen molar-refractivity contribution in [1.82, 2.24) is 0 Å². The third-order valence-electron chi connectivity index (χ3n) is 2.03. The van der Waals surface area contributed by atoms with Crippen molar-refractivity contribution in [2.45, 2.75) is 5.54 Å². The fourth-order valence-electron chi connectivity index (χ4n) is 1.44. The van der Waals surface area contributed by atoms with Crippen molar-refractivity contribution >= 4 is 35.7 Å². The Kier molecular flexibility index (Phi) is 2.26. The molecule has 61 valence electrons. The molecule has 2 rings (SSSR count). The van der Waals surface area contributed by atoms with Gasteiger partial charge in [0.25, 0.3) is 7.42 Å². The van der Waals surface area contributed by atoms with E-state index < -0.39 is 7.42 Å². The van der Waals surface area contributed by atoms with Crippen LogP contribution in [0.5, 0.6) is 0 Å². The van der Waals surface area contributed by atoms with Gasteiger partial charge in [0.1, 0.15) is 0 Å². The molecule has 0 amide bonds. The lowest BCUT2D eigenvalue weighted by Crippen LogP contribution is -2.06. The Morgan fingerprint density at radius 1 is 1.17 bits per heavy atom. The molecule has 0 spiro atoms. The molecule has 3 heteroatoms. The maximum atomic E-state index is 5.93. The van der Waals surface area contributed by atoms with Gasteiger partial charge in [-0.25, -0.2) is 0 Å². The summed E-state index contributed by atoms with van der Waals surface area (Å²) >= 11 is 11.9. The quantitative estimate of drug-likeness (QED) is 0.497. The van der Waals surface area contributed by atoms with E-state index in [2.05, 4.69) is 24.3 Å². The maximum Gasteiger partial charge on any atom is 0.285 e. The molecular formula is C9H7Cl2Si. The molecule has 1 radical (unpaired) electrons. The van der Waals surface area contributed by atoms with Crippen molar-refractivity contribution in [3.63, 3.8) is 0 Å². The van der Waals surface area contributed by atoms with Crippen LogP contribution in [-0.4, -0.2) is 7.42 Å². The van der Waals surface area contributed by atoms with Gasteiger partial charge in [-0.2, -0.15) is 0 Å². The highest BCUT2D eigenvalue weighted by molar-refractivity contribution is 7.34. The first-order chi connectivity index (χ1) is 5.79. The van der Waals surface area contributed by atoms with Gasteiger partial charge in [0.2, 0.25) is 0 Å². The van der Waals surface area contributed by atoms with Crippen LogP contribution in [0.3, 0.4) is 0 Å². The average molecular weight is 214 g/mol. The van der Waals surface area contributed by atoms with Crippen LogP contribution in [0.4, 0.5) is 0 Å². The van der Waals surface area contributed by atoms with Crippen molar-refractivity contribution < 1.29 is 0 Å². The van der Waals surface area contributed by atoms with Gasteiger partial charge in [0.05, 0.1) is 0 Å². The van der Waals surface area contributed by atoms with Crippen molar-refractivity contribution in [3.05, 3.63) is 41.5 Å². The van der Waals surface area contributed by atoms with Crippen LogP contribution in [0.1, 0.15) is 16.7 Å². The van der Waals surface area contributed by atoms with E-state index in [9.17, 15) is 0 Å². The zero-order chi connectivity index (χ0) is 8.55. The first kappa shape index (κ1) is 8.36. The molecule has 0 aliphatic heterocycles. The minimum atomic E-state index is -1.27. The number of benzene rings is 1. The Balaban J connectivity index is 2.42. The summed E-state index contributed by atoms with van der Waals surface area (Å²) in [6.07, 6.45) is 4.19. The van der Waals surface area contributed by atoms with Crippen LogP contribution in [0.25, 0.3) is 6.08 Å². The van der Waals surface area contributed by atoms with Crippen molar-refractivity contribution in [2.24, 2.45) is 0 Å². The van der Waals surface area contributed by atoms with E-state index in [1.165, 1.54) is 11.1 Å². The number of hydrogen-bond donors (Lipinski definition) is 0. The Morgan fingerprint density at radius 3 is 2.67 bits per heavy atom. The fourth-order valence-corrected chi connectivity index (χ4v) is 3.32. The smallest absolute Gasteiger partial charge is 0.146 e. The molecule has 1 unspecified atom stereocenters. The van der Waals surface area contributed by atoms with E-state index in [0.29, 0.717) is 0 Å². The largest absolute Gasteiger partial charge is 0.285 e. The Bertz CT molecular complexity index is 320. The van der Waals surface area contributed by atoms with Crippen molar-refractivity contribution in [1.29, 1.82) is 0 Å². The zero-order valence-electron chi connectivity index (χ0n) is 6.30. The molecule has 0 fully saturated rings. The Morgan fingerprint density at radius 2 is 1.92 bits per heavy atom. The molecule has 1 aliphatic carbocycles. The topological polar surface area (TPSA) is 0 Å². The van der Waals surface area contributed by atoms with Gasteiger partial charge in [0.15, 0.2) is 0 Å². The summed E-state index contributed by atoms with van der Waals surface area (Å²) in [6.45, 7) is 0. The zero-order valence-corrected chi connectivity index (χ0v) is 8.81. The Labute approximate surface area is 82.8 Å². The van der Waals surface area contributed by atoms with E-state index in [-0.39, 0.29) is 5.54 Å². The molecule has 1 aliphatic rings. The number of hydrogen-bond acceptors (Lipinski definition) is 0. The van der Waals surface area contributed by atoms with Crippen LogP contribution < -0.4 is 0 Å². The first-order valence-electron chi connectivity index (χ1n) is 3.74. The molecule has 1 aromatic rings. The molecule has 0 saturated heterocycles. The predicted molar refractivity (Wildman–Crippen MR) is 55.7 cm³/mol. The van der Waals surface area contributed by atoms with Crippen LogP contribution in [-0.2, 0) is 0 Å². The molecule has 0 saturated carbocycles. The highest BCUT2D eigenvalue weighted by Gasteiger charge is 2.24. The monoisotopic (exact) mass is 213 g/mol. The third kappa shape index (κ3) is 1.33. The van der Waals surface area contributed by atoms with Crippen LogP contribution >= 0.6 is 22.2 Å². The number of fused-ring (bicyclic) bond motifs is 1. The number of allylic oxidation sites excluding steroid dienone is 1. The summed E-state index contributed by atoms with van der Waals surface area (Å²) in [5.41, 5.74) is 2.80. The van der Waals surface area contributed by atoms with E-state index >= 15 is 0 Å². The lowest BCUT2D eigenvalue weighted by atomic mass is 10.1. The van der Waals surface area contributed by atoms with Crippen molar-refractivity contribution in [3.8, 4) is 0 Å². The molecule has 0 N–H and O–H groups in total. The van der Waals surface area contributed by atoms with Crippen LogP contribution in [0, 0.1) is 0 Å². The molecule has 0 aromatic heterocycles. The number of rotatable bonds is 1. The third-order valence-corrected chi connectivity index (χ3v) is 4.42. The molecule has 0 heterocycles. The normalized spacial score (nSPS) is 20.1. The first-order valence-corrected chi connectivity index (χ1v) is 7.34. The molecule has 0 bridgehead atoms. The van der Waals surface area contributed by atoms with Gasteiger partial charge in [0, 0.05) is 5.54 Å². The molecule has 1 atom stereocenters. The van der Waals surface area contributed by atoms with E-state index in [4.69, 9.17) is 22.2 Å². The van der Waals surface area contributed by atoms with Gasteiger partial charge >= 0.3 is 0 Å². The predicted octanol–water partition coefficient (Wildman–Crippen LogP) is 3.30. The molecule has 1 aromatic carbocycles. The lowest BCUT2D eigenvalue weighted by molar-refractivity contribution is 1.24. The Hall–Kier alpha value is -0.243. The second kappa shape index (κ2) is 3.25. The van der Waals surface area contributed by atoms with Gasteiger partial charge < -0.3 is 0 Å². The summed E-state index contributed by atoms with van der Waals surface area (Å²) in [5.74, 6) is 0. The summed E-state index contributed by atoms with van der Waals surface area (Å²) in [4.78, 5) is 0. The maximum absolute atomic E-state index is 5.93. The summed E-state index contributed by atoms with van der Waals surface area (Å²) < 4.78 is 0. The summed E-state index contributed by atoms with van der Waals surface area (Å²) in [6, 6.07) is 8.23. The van der Waals surface area contributed by atoms with Crippen LogP contribution in [0.2, 0.25) is 0 Å². The molecule has 0 nitrogen and oxygen atoms in total. The average Bonchev–Trinajstić information content (AvgIpc) is 2.47. The molecular weight excluding hydrogens is 207 g/mol. The molecule has 12 heavy (non-hydrogen) atoms. The van der Waals surface area contributed by atoms with Gasteiger partial charge in [-0.15, -0.1) is 22.2 Å². The SMILES string of the molecule is Cl[Si](Cl)C1C=Cc2ccccc21. The van der Waals surface area contributed by atoms with Gasteiger partial charge in [-0.1, -0.05) is 36.4 Å². The lowest BCUT2D eigenvalue weighted by Gasteiger charge is -2.08. The highest BCUT2D eigenvalue weighted by atomic mass is 35.7. The fraction of sp³-hybridized carbons (Fsp3) is 0.111. The van der Waals surface area contributed by atoms with Gasteiger partial charge in [-0.3, -0.25) is 0 Å². The summed E-state index contributed by atoms with van der Waals surface area (Å²) in [5, 5.41) is 0.